The van der Waals surface area contributed by atoms with Crippen LogP contribution >= 0.6 is 31.9 Å². The highest BCUT2D eigenvalue weighted by Gasteiger charge is 2.66. The van der Waals surface area contributed by atoms with Crippen molar-refractivity contribution in [2.75, 3.05) is 4.90 Å². The number of anilines is 1. The Morgan fingerprint density at radius 3 is 2.14 bits per heavy atom. The number of hydrogen-bond acceptors (Lipinski definition) is 4. The van der Waals surface area contributed by atoms with E-state index in [0.29, 0.717) is 17.9 Å². The average Bonchev–Trinajstić information content (AvgIpc) is 3.31. The summed E-state index contributed by atoms with van der Waals surface area (Å²) in [6.07, 6.45) is 5.42. The first kappa shape index (κ1) is 21.0. The van der Waals surface area contributed by atoms with Gasteiger partial charge in [-0.15, -0.1) is 0 Å². The van der Waals surface area contributed by atoms with E-state index < -0.39 is 0 Å². The quantitative estimate of drug-likeness (QED) is 0.167. The summed E-state index contributed by atoms with van der Waals surface area (Å²) in [4.78, 5) is 39.8. The summed E-state index contributed by atoms with van der Waals surface area (Å²) in [7, 11) is 0. The summed E-state index contributed by atoms with van der Waals surface area (Å²) in [6.45, 7) is 2.13. The number of imide groups is 1. The number of amides is 2. The number of hydrogen-bond donors (Lipinski definition) is 0. The summed E-state index contributed by atoms with van der Waals surface area (Å²) in [6, 6.07) is 6.69. The van der Waals surface area contributed by atoms with Gasteiger partial charge in [-0.2, -0.15) is 0 Å². The number of halogens is 2. The molecule has 2 aliphatic carbocycles. The lowest BCUT2D eigenvalue weighted by molar-refractivity contribution is -0.134. The summed E-state index contributed by atoms with van der Waals surface area (Å²) >= 11 is 7.40. The molecule has 156 valence electrons. The number of nitrogens with zero attached hydrogens (tertiary/aromatic N) is 1. The maximum absolute atomic E-state index is 13.1. The molecule has 29 heavy (non-hydrogen) atoms. The van der Waals surface area contributed by atoms with Gasteiger partial charge in [-0.1, -0.05) is 58.0 Å². The van der Waals surface area contributed by atoms with Crippen LogP contribution in [0, 0.1) is 23.7 Å². The Bertz CT molecular complexity index is 780. The van der Waals surface area contributed by atoms with Crippen LogP contribution in [0.3, 0.4) is 0 Å². The van der Waals surface area contributed by atoms with Crippen molar-refractivity contribution in [3.63, 3.8) is 0 Å². The fourth-order valence-electron chi connectivity index (χ4n) is 5.15. The molecule has 0 unspecified atom stereocenters. The van der Waals surface area contributed by atoms with E-state index >= 15 is 0 Å². The highest BCUT2D eigenvalue weighted by atomic mass is 79.9. The first-order valence-corrected chi connectivity index (χ1v) is 12.2. The number of rotatable bonds is 7. The minimum absolute atomic E-state index is 0.1000. The van der Waals surface area contributed by atoms with Crippen LogP contribution in [0.5, 0.6) is 5.75 Å². The van der Waals surface area contributed by atoms with Gasteiger partial charge in [0.1, 0.15) is 5.75 Å². The van der Waals surface area contributed by atoms with Crippen molar-refractivity contribution in [3.05, 3.63) is 24.3 Å². The molecule has 1 aromatic rings. The Balaban J connectivity index is 1.42. The zero-order valence-corrected chi connectivity index (χ0v) is 19.5. The number of unbranched alkanes of at least 4 members (excludes halogenated alkanes) is 3. The fourth-order valence-corrected chi connectivity index (χ4v) is 7.02. The summed E-state index contributed by atoms with van der Waals surface area (Å²) in [5.41, 5.74) is 0.550. The van der Waals surface area contributed by atoms with E-state index in [1.807, 2.05) is 0 Å². The maximum Gasteiger partial charge on any atom is 0.311 e. The number of esters is 1. The molecule has 0 spiro atoms. The molecule has 5 nitrogen and oxygen atoms in total. The molecular weight excluding hydrogens is 502 g/mol. The van der Waals surface area contributed by atoms with Gasteiger partial charge in [-0.05, 0) is 48.9 Å². The SMILES string of the molecule is CCCCCCC(=O)Oc1ccc(N2C(=O)[C@@H]3[C@@H]4C[C@@H]([C@H](Br)[C@@H]4Br)[C@@H]3C2=O)cc1. The van der Waals surface area contributed by atoms with Gasteiger partial charge >= 0.3 is 5.97 Å². The molecular formula is C22H25Br2NO4. The van der Waals surface area contributed by atoms with Crippen molar-refractivity contribution < 1.29 is 19.1 Å². The van der Waals surface area contributed by atoms with E-state index in [1.165, 1.54) is 4.90 Å². The van der Waals surface area contributed by atoms with Gasteiger partial charge in [0.15, 0.2) is 0 Å². The van der Waals surface area contributed by atoms with Crippen molar-refractivity contribution in [3.8, 4) is 5.75 Å². The molecule has 7 heteroatoms. The van der Waals surface area contributed by atoms with E-state index in [4.69, 9.17) is 4.74 Å². The third-order valence-corrected chi connectivity index (χ3v) is 9.75. The molecule has 1 saturated heterocycles. The van der Waals surface area contributed by atoms with Crippen LogP contribution in [0.1, 0.15) is 45.4 Å². The number of alkyl halides is 2. The Labute approximate surface area is 187 Å². The lowest BCUT2D eigenvalue weighted by Gasteiger charge is -2.28. The van der Waals surface area contributed by atoms with Crippen LogP contribution in [0.2, 0.25) is 0 Å². The van der Waals surface area contributed by atoms with Crippen molar-refractivity contribution in [2.45, 2.75) is 55.1 Å². The van der Waals surface area contributed by atoms with Gasteiger partial charge in [0, 0.05) is 16.1 Å². The first-order chi connectivity index (χ1) is 13.9. The number of benzene rings is 1. The highest BCUT2D eigenvalue weighted by molar-refractivity contribution is 9.12. The van der Waals surface area contributed by atoms with Crippen LogP contribution in [0.15, 0.2) is 24.3 Å². The van der Waals surface area contributed by atoms with Crippen LogP contribution in [0.25, 0.3) is 0 Å². The molecule has 2 amide bonds. The lowest BCUT2D eigenvalue weighted by Crippen LogP contribution is -2.37. The second-order valence-corrected chi connectivity index (χ2v) is 10.4. The smallest absolute Gasteiger partial charge is 0.311 e. The average molecular weight is 527 g/mol. The van der Waals surface area contributed by atoms with Crippen molar-refractivity contribution in [2.24, 2.45) is 23.7 Å². The molecule has 3 fully saturated rings. The molecule has 0 N–H and O–H groups in total. The maximum atomic E-state index is 13.1. The van der Waals surface area contributed by atoms with Gasteiger partial charge in [0.2, 0.25) is 11.8 Å². The summed E-state index contributed by atoms with van der Waals surface area (Å²) < 4.78 is 5.37. The molecule has 1 heterocycles. The Morgan fingerprint density at radius 1 is 1.00 bits per heavy atom. The van der Waals surface area contributed by atoms with E-state index in [1.54, 1.807) is 24.3 Å². The second-order valence-electron chi connectivity index (χ2n) is 8.29. The third-order valence-electron chi connectivity index (χ3n) is 6.55. The first-order valence-electron chi connectivity index (χ1n) is 10.4. The lowest BCUT2D eigenvalue weighted by atomic mass is 9.81. The molecule has 3 aliphatic rings. The number of carbonyl (C=O) groups excluding carboxylic acids is 3. The number of fused-ring (bicyclic) bond motifs is 5. The molecule has 0 aromatic heterocycles. The Hall–Kier alpha value is -1.21. The van der Waals surface area contributed by atoms with Gasteiger partial charge in [-0.3, -0.25) is 19.3 Å². The fraction of sp³-hybridized carbons (Fsp3) is 0.591. The van der Waals surface area contributed by atoms with Gasteiger partial charge < -0.3 is 4.74 Å². The largest absolute Gasteiger partial charge is 0.427 e. The number of carbonyl (C=O) groups is 3. The zero-order valence-electron chi connectivity index (χ0n) is 16.4. The van der Waals surface area contributed by atoms with Gasteiger partial charge in [-0.25, -0.2) is 0 Å². The molecule has 1 aromatic carbocycles. The van der Waals surface area contributed by atoms with Crippen molar-refractivity contribution in [1.29, 1.82) is 0 Å². The predicted octanol–water partition coefficient (Wildman–Crippen LogP) is 4.84. The van der Waals surface area contributed by atoms with Crippen LogP contribution in [-0.4, -0.2) is 27.4 Å². The third kappa shape index (κ3) is 3.69. The highest BCUT2D eigenvalue weighted by Crippen LogP contribution is 2.60. The second kappa shape index (κ2) is 8.50. The summed E-state index contributed by atoms with van der Waals surface area (Å²) in [5.74, 6) is -0.0752. The molecule has 0 radical (unpaired) electrons. The molecule has 2 saturated carbocycles. The van der Waals surface area contributed by atoms with E-state index in [2.05, 4.69) is 38.8 Å². The summed E-state index contributed by atoms with van der Waals surface area (Å²) in [5, 5.41) is 0. The van der Waals surface area contributed by atoms with Gasteiger partial charge in [0.25, 0.3) is 0 Å². The molecule has 1 aliphatic heterocycles. The topological polar surface area (TPSA) is 63.7 Å². The monoisotopic (exact) mass is 525 g/mol. The Morgan fingerprint density at radius 2 is 1.59 bits per heavy atom. The van der Waals surface area contributed by atoms with Crippen LogP contribution in [-0.2, 0) is 14.4 Å². The molecule has 4 rings (SSSR count). The standard InChI is InChI=1S/C22H25Br2NO4/c1-2-3-4-5-6-16(26)29-13-9-7-12(8-10-13)25-21(27)17-14-11-15(18(17)22(25)28)20(24)19(14)23/h7-10,14-15,17-20H,2-6,11H2,1H3/t14-,15+,17+,18-,19+,20-. The minimum Gasteiger partial charge on any atom is -0.427 e. The van der Waals surface area contributed by atoms with Crippen molar-refractivity contribution >= 4 is 55.3 Å². The number of ether oxygens (including phenoxy) is 1. The van der Waals surface area contributed by atoms with Crippen molar-refractivity contribution in [1.82, 2.24) is 0 Å². The van der Waals surface area contributed by atoms with Crippen LogP contribution < -0.4 is 9.64 Å². The molecule has 2 bridgehead atoms. The van der Waals surface area contributed by atoms with Gasteiger partial charge in [0.05, 0.1) is 17.5 Å². The van der Waals surface area contributed by atoms with E-state index in [-0.39, 0.29) is 51.1 Å². The predicted molar refractivity (Wildman–Crippen MR) is 117 cm³/mol. The minimum atomic E-state index is -0.250. The van der Waals surface area contributed by atoms with E-state index in [0.717, 1.165) is 32.1 Å². The normalized spacial score (nSPS) is 32.7. The zero-order chi connectivity index (χ0) is 20.7. The van der Waals surface area contributed by atoms with E-state index in [9.17, 15) is 14.4 Å². The Kier molecular flexibility index (Phi) is 6.17. The van der Waals surface area contributed by atoms with Crippen LogP contribution in [0.4, 0.5) is 5.69 Å². The molecule has 6 atom stereocenters.